The highest BCUT2D eigenvalue weighted by molar-refractivity contribution is 6.31. The van der Waals surface area contributed by atoms with Crippen LogP contribution >= 0.6 is 11.6 Å². The number of oxime groups is 1. The second-order valence-corrected chi connectivity index (χ2v) is 8.61. The number of nitrogens with one attached hydrogen (secondary N) is 1. The number of rotatable bonds is 4. The van der Waals surface area contributed by atoms with Crippen molar-refractivity contribution in [1.82, 2.24) is 10.2 Å². The van der Waals surface area contributed by atoms with Crippen molar-refractivity contribution < 1.29 is 24.9 Å². The first-order valence-corrected chi connectivity index (χ1v) is 10.3. The number of halogens is 1. The molecule has 164 valence electrons. The number of hydrogen-bond acceptors (Lipinski definition) is 8. The van der Waals surface area contributed by atoms with E-state index in [2.05, 4.69) is 15.5 Å². The molecule has 0 aliphatic carbocycles. The number of nitrogens with zero attached hydrogens (tertiary/aromatic N) is 3. The second-order valence-electron chi connectivity index (χ2n) is 8.21. The molecular formula is C20H27ClN4O5. The number of likely N-dealkylation sites (tertiary alicyclic amines) is 1. The fourth-order valence-electron chi connectivity index (χ4n) is 4.54. The van der Waals surface area contributed by atoms with Crippen LogP contribution in [0.3, 0.4) is 0 Å². The van der Waals surface area contributed by atoms with E-state index in [0.717, 1.165) is 12.0 Å². The second kappa shape index (κ2) is 8.07. The smallest absolute Gasteiger partial charge is 0.175 e. The third kappa shape index (κ3) is 3.49. The molecule has 4 N–H and O–H groups in total. The summed E-state index contributed by atoms with van der Waals surface area (Å²) in [5.74, 6) is 0.523. The lowest BCUT2D eigenvalue weighted by Crippen LogP contribution is -2.56. The average Bonchev–Trinajstić information content (AvgIpc) is 3.24. The summed E-state index contributed by atoms with van der Waals surface area (Å²) in [4.78, 5) is 11.0. The van der Waals surface area contributed by atoms with Crippen LogP contribution in [0.2, 0.25) is 5.02 Å². The molecule has 1 aromatic rings. The van der Waals surface area contributed by atoms with Crippen molar-refractivity contribution in [2.75, 3.05) is 13.7 Å². The van der Waals surface area contributed by atoms with Crippen molar-refractivity contribution in [3.8, 4) is 0 Å². The van der Waals surface area contributed by atoms with Crippen LogP contribution in [0.5, 0.6) is 0 Å². The number of aliphatic hydroxyl groups excluding tert-OH is 2. The third-order valence-electron chi connectivity index (χ3n) is 6.26. The standard InChI is InChI=1S/C20H27ClN4O5/c1-10-8-11(4-5-13(10)21)14(26)16-20(2,28)15(27)19(30-16)25-7-6-12-17(24-29-3)22-9-23-18(12)25/h4-5,8-9,12,14-16,18-19,26-28H,6-7H2,1-3H3,(H,22,23,24)/t12?,14-,15+,16-,18?,19-,20+/m1/s1. The lowest BCUT2D eigenvalue weighted by Gasteiger charge is -2.35. The van der Waals surface area contributed by atoms with Gasteiger partial charge in [-0.1, -0.05) is 28.9 Å². The van der Waals surface area contributed by atoms with E-state index in [1.807, 2.05) is 11.8 Å². The van der Waals surface area contributed by atoms with Crippen LogP contribution in [0, 0.1) is 12.8 Å². The Morgan fingerprint density at radius 3 is 2.93 bits per heavy atom. The van der Waals surface area contributed by atoms with Crippen molar-refractivity contribution in [3.63, 3.8) is 0 Å². The molecule has 10 heteroatoms. The van der Waals surface area contributed by atoms with Crippen LogP contribution in [0.15, 0.2) is 28.3 Å². The summed E-state index contributed by atoms with van der Waals surface area (Å²) in [7, 11) is 1.47. The van der Waals surface area contributed by atoms with Gasteiger partial charge in [-0.15, -0.1) is 0 Å². The monoisotopic (exact) mass is 438 g/mol. The minimum atomic E-state index is -1.66. The summed E-state index contributed by atoms with van der Waals surface area (Å²) in [6.45, 7) is 3.91. The fraction of sp³-hybridized carbons (Fsp3) is 0.600. The van der Waals surface area contributed by atoms with Crippen LogP contribution in [-0.2, 0) is 9.57 Å². The van der Waals surface area contributed by atoms with Crippen LogP contribution in [0.1, 0.15) is 30.6 Å². The van der Waals surface area contributed by atoms with Gasteiger partial charge in [0.25, 0.3) is 0 Å². The van der Waals surface area contributed by atoms with Crippen LogP contribution in [0.25, 0.3) is 0 Å². The summed E-state index contributed by atoms with van der Waals surface area (Å²) in [6.07, 6.45) is -2.16. The van der Waals surface area contributed by atoms with E-state index in [9.17, 15) is 15.3 Å². The van der Waals surface area contributed by atoms with Crippen molar-refractivity contribution in [2.45, 2.75) is 56.6 Å². The van der Waals surface area contributed by atoms with Gasteiger partial charge >= 0.3 is 0 Å². The van der Waals surface area contributed by atoms with E-state index in [1.54, 1.807) is 24.5 Å². The number of aryl methyl sites for hydroxylation is 1. The number of fused-ring (bicyclic) bond motifs is 1. The predicted octanol–water partition coefficient (Wildman–Crippen LogP) is 0.758. The zero-order chi connectivity index (χ0) is 21.6. The fourth-order valence-corrected chi connectivity index (χ4v) is 4.66. The number of benzene rings is 1. The lowest BCUT2D eigenvalue weighted by molar-refractivity contribution is -0.129. The third-order valence-corrected chi connectivity index (χ3v) is 6.69. The Kier molecular flexibility index (Phi) is 5.78. The largest absolute Gasteiger partial charge is 0.398 e. The van der Waals surface area contributed by atoms with E-state index in [4.69, 9.17) is 21.2 Å². The maximum atomic E-state index is 11.1. The van der Waals surface area contributed by atoms with Crippen molar-refractivity contribution in [2.24, 2.45) is 16.1 Å². The topological polar surface area (TPSA) is 119 Å². The Labute approximate surface area is 179 Å². The van der Waals surface area contributed by atoms with Gasteiger partial charge in [-0.25, -0.2) is 4.99 Å². The molecule has 0 spiro atoms. The number of aliphatic hydroxyl groups is 3. The molecule has 0 amide bonds. The van der Waals surface area contributed by atoms with Crippen LogP contribution < -0.4 is 5.32 Å². The van der Waals surface area contributed by atoms with Gasteiger partial charge in [-0.05, 0) is 37.5 Å². The van der Waals surface area contributed by atoms with Crippen molar-refractivity contribution in [3.05, 3.63) is 34.3 Å². The Bertz CT molecular complexity index is 864. The Morgan fingerprint density at radius 1 is 1.47 bits per heavy atom. The van der Waals surface area contributed by atoms with Gasteiger partial charge in [-0.3, -0.25) is 4.90 Å². The molecule has 3 heterocycles. The van der Waals surface area contributed by atoms with Crippen molar-refractivity contribution >= 4 is 23.8 Å². The number of amidine groups is 1. The van der Waals surface area contributed by atoms with Gasteiger partial charge in [0.1, 0.15) is 37.3 Å². The molecule has 9 nitrogen and oxygen atoms in total. The maximum Gasteiger partial charge on any atom is 0.175 e. The van der Waals surface area contributed by atoms with Gasteiger partial charge < -0.3 is 30.2 Å². The minimum absolute atomic E-state index is 0.0430. The van der Waals surface area contributed by atoms with E-state index in [-0.39, 0.29) is 12.1 Å². The maximum absolute atomic E-state index is 11.1. The number of ether oxygens (including phenoxy) is 1. The first-order chi connectivity index (χ1) is 14.3. The van der Waals surface area contributed by atoms with E-state index in [1.165, 1.54) is 14.0 Å². The number of aliphatic imine (C=N–C) groups is 1. The van der Waals surface area contributed by atoms with Gasteiger partial charge in [0.05, 0.1) is 18.4 Å². The first-order valence-electron chi connectivity index (χ1n) is 9.91. The minimum Gasteiger partial charge on any atom is -0.398 e. The Hall–Kier alpha value is -1.75. The first kappa shape index (κ1) is 21.5. The summed E-state index contributed by atoms with van der Waals surface area (Å²) in [5.41, 5.74) is -0.296. The molecular weight excluding hydrogens is 412 g/mol. The van der Waals surface area contributed by atoms with E-state index >= 15 is 0 Å². The molecule has 1 aromatic carbocycles. The van der Waals surface area contributed by atoms with Gasteiger partial charge in [0, 0.05) is 11.6 Å². The van der Waals surface area contributed by atoms with Crippen LogP contribution in [0.4, 0.5) is 0 Å². The molecule has 30 heavy (non-hydrogen) atoms. The highest BCUT2D eigenvalue weighted by Crippen LogP contribution is 2.42. The molecule has 2 unspecified atom stereocenters. The molecule has 2 saturated heterocycles. The summed E-state index contributed by atoms with van der Waals surface area (Å²) >= 11 is 6.09. The van der Waals surface area contributed by atoms with Gasteiger partial charge in [0.15, 0.2) is 5.84 Å². The highest BCUT2D eigenvalue weighted by atomic mass is 35.5. The molecule has 2 fully saturated rings. The summed E-state index contributed by atoms with van der Waals surface area (Å²) in [5, 5.41) is 40.7. The average molecular weight is 439 g/mol. The van der Waals surface area contributed by atoms with E-state index in [0.29, 0.717) is 23.0 Å². The van der Waals surface area contributed by atoms with Crippen LogP contribution in [-0.4, -0.2) is 76.3 Å². The SMILES string of the molecule is CO/N=C1/N=CNC2C1CCN2[C@@H]1O[C@H]([C@H](O)c2ccc(Cl)c(C)c2)[C@@](C)(O)[C@H]1O. The molecule has 0 bridgehead atoms. The number of hydrogen-bond donors (Lipinski definition) is 4. The highest BCUT2D eigenvalue weighted by Gasteiger charge is 2.59. The molecule has 0 aromatic heterocycles. The molecule has 0 radical (unpaired) electrons. The van der Waals surface area contributed by atoms with Crippen molar-refractivity contribution in [1.29, 1.82) is 0 Å². The molecule has 3 aliphatic rings. The molecule has 3 aliphatic heterocycles. The molecule has 4 rings (SSSR count). The predicted molar refractivity (Wildman–Crippen MR) is 111 cm³/mol. The Morgan fingerprint density at radius 2 is 2.23 bits per heavy atom. The Balaban J connectivity index is 1.57. The van der Waals surface area contributed by atoms with Gasteiger partial charge in [0.2, 0.25) is 0 Å². The van der Waals surface area contributed by atoms with Gasteiger partial charge in [-0.2, -0.15) is 0 Å². The quantitative estimate of drug-likeness (QED) is 0.512. The molecule has 0 saturated carbocycles. The molecule has 7 atom stereocenters. The van der Waals surface area contributed by atoms with E-state index < -0.39 is 30.1 Å². The zero-order valence-corrected chi connectivity index (χ0v) is 17.8. The summed E-state index contributed by atoms with van der Waals surface area (Å²) < 4.78 is 6.09. The zero-order valence-electron chi connectivity index (χ0n) is 17.1. The lowest BCUT2D eigenvalue weighted by atomic mass is 9.88. The summed E-state index contributed by atoms with van der Waals surface area (Å²) in [6, 6.07) is 5.14. The normalized spacial score (nSPS) is 38.5.